The number of carbonyl (C=O) groups is 1. The Balaban J connectivity index is 1.62. The molecule has 2 aliphatic heterocycles. The Morgan fingerprint density at radius 2 is 2.33 bits per heavy atom. The Morgan fingerprint density at radius 3 is 2.95 bits per heavy atom. The van der Waals surface area contributed by atoms with Gasteiger partial charge in [-0.3, -0.25) is 4.79 Å². The van der Waals surface area contributed by atoms with Gasteiger partial charge in [-0.15, -0.1) is 0 Å². The van der Waals surface area contributed by atoms with Crippen molar-refractivity contribution >= 4 is 5.97 Å². The van der Waals surface area contributed by atoms with E-state index in [1.54, 1.807) is 0 Å². The molecule has 1 aromatic rings. The zero-order valence-corrected chi connectivity index (χ0v) is 12.2. The van der Waals surface area contributed by atoms with E-state index in [0.29, 0.717) is 19.6 Å². The fourth-order valence-corrected chi connectivity index (χ4v) is 2.79. The predicted molar refractivity (Wildman–Crippen MR) is 77.3 cm³/mol. The van der Waals surface area contributed by atoms with E-state index >= 15 is 0 Å². The number of rotatable bonds is 5. The van der Waals surface area contributed by atoms with Gasteiger partial charge >= 0.3 is 5.97 Å². The van der Waals surface area contributed by atoms with Gasteiger partial charge in [0.25, 0.3) is 0 Å². The van der Waals surface area contributed by atoms with Crippen molar-refractivity contribution in [3.63, 3.8) is 0 Å². The first kappa shape index (κ1) is 14.4. The smallest absolute Gasteiger partial charge is 0.307 e. The Hall–Kier alpha value is -1.59. The van der Waals surface area contributed by atoms with Crippen LogP contribution in [0, 0.1) is 11.3 Å². The van der Waals surface area contributed by atoms with E-state index in [1.165, 1.54) is 0 Å². The van der Waals surface area contributed by atoms with Crippen molar-refractivity contribution in [1.29, 1.82) is 0 Å². The minimum absolute atomic E-state index is 0.0947. The summed E-state index contributed by atoms with van der Waals surface area (Å²) in [6, 6.07) is 8.02. The lowest BCUT2D eigenvalue weighted by molar-refractivity contribution is -0.141. The van der Waals surface area contributed by atoms with Crippen LogP contribution in [0.25, 0.3) is 0 Å². The SMILES string of the molecule is CC1(COc2cccc(C3CC(C(=O)O)CN3)c2)COC1. The Kier molecular flexibility index (Phi) is 3.87. The molecule has 21 heavy (non-hydrogen) atoms. The summed E-state index contributed by atoms with van der Waals surface area (Å²) in [7, 11) is 0. The molecule has 5 heteroatoms. The van der Waals surface area contributed by atoms with E-state index in [1.807, 2.05) is 24.3 Å². The third-order valence-electron chi connectivity index (χ3n) is 4.23. The van der Waals surface area contributed by atoms with Crippen LogP contribution in [0.4, 0.5) is 0 Å². The molecule has 114 valence electrons. The van der Waals surface area contributed by atoms with Gasteiger partial charge in [-0.25, -0.2) is 0 Å². The molecule has 2 unspecified atom stereocenters. The summed E-state index contributed by atoms with van der Waals surface area (Å²) in [5.41, 5.74) is 1.21. The van der Waals surface area contributed by atoms with E-state index in [2.05, 4.69) is 12.2 Å². The molecule has 2 fully saturated rings. The highest BCUT2D eigenvalue weighted by molar-refractivity contribution is 5.70. The van der Waals surface area contributed by atoms with Gasteiger partial charge in [-0.2, -0.15) is 0 Å². The standard InChI is InChI=1S/C16H21NO4/c1-16(8-20-9-16)10-21-13-4-2-3-11(5-13)14-6-12(7-17-14)15(18)19/h2-5,12,14,17H,6-10H2,1H3,(H,18,19). The van der Waals surface area contributed by atoms with Crippen molar-refractivity contribution in [2.45, 2.75) is 19.4 Å². The molecule has 0 spiro atoms. The lowest BCUT2D eigenvalue weighted by Gasteiger charge is -2.37. The minimum atomic E-state index is -0.727. The molecule has 0 saturated carbocycles. The molecule has 2 atom stereocenters. The average molecular weight is 291 g/mol. The second-order valence-electron chi connectivity index (χ2n) is 6.40. The highest BCUT2D eigenvalue weighted by Crippen LogP contribution is 2.31. The fourth-order valence-electron chi connectivity index (χ4n) is 2.79. The van der Waals surface area contributed by atoms with E-state index < -0.39 is 5.97 Å². The van der Waals surface area contributed by atoms with Crippen LogP contribution in [0.3, 0.4) is 0 Å². The number of hydrogen-bond acceptors (Lipinski definition) is 4. The number of carboxylic acid groups (broad SMARTS) is 1. The molecular formula is C16H21NO4. The van der Waals surface area contributed by atoms with Crippen LogP contribution in [0.5, 0.6) is 5.75 Å². The van der Waals surface area contributed by atoms with Gasteiger partial charge in [-0.05, 0) is 24.1 Å². The Labute approximate surface area is 124 Å². The molecule has 0 amide bonds. The molecular weight excluding hydrogens is 270 g/mol. The summed E-state index contributed by atoms with van der Waals surface area (Å²) in [5.74, 6) is -0.192. The Morgan fingerprint density at radius 1 is 1.52 bits per heavy atom. The normalized spacial score (nSPS) is 27.1. The maximum atomic E-state index is 11.0. The van der Waals surface area contributed by atoms with Crippen LogP contribution < -0.4 is 10.1 Å². The second kappa shape index (κ2) is 5.66. The quantitative estimate of drug-likeness (QED) is 0.866. The number of nitrogens with one attached hydrogen (secondary N) is 1. The zero-order chi connectivity index (χ0) is 14.9. The molecule has 5 nitrogen and oxygen atoms in total. The first-order chi connectivity index (χ1) is 10.1. The van der Waals surface area contributed by atoms with Crippen LogP contribution in [0.1, 0.15) is 24.9 Å². The van der Waals surface area contributed by atoms with E-state index in [0.717, 1.165) is 24.5 Å². The van der Waals surface area contributed by atoms with Crippen LogP contribution in [-0.2, 0) is 9.53 Å². The first-order valence-electron chi connectivity index (χ1n) is 7.32. The predicted octanol–water partition coefficient (Wildman–Crippen LogP) is 1.84. The first-order valence-corrected chi connectivity index (χ1v) is 7.32. The molecule has 0 aromatic heterocycles. The van der Waals surface area contributed by atoms with Crippen LogP contribution in [-0.4, -0.2) is 37.4 Å². The lowest BCUT2D eigenvalue weighted by Crippen LogP contribution is -2.44. The third kappa shape index (κ3) is 3.19. The van der Waals surface area contributed by atoms with Gasteiger partial charge in [0.1, 0.15) is 5.75 Å². The number of carboxylic acids is 1. The molecule has 2 N–H and O–H groups in total. The van der Waals surface area contributed by atoms with Crippen molar-refractivity contribution in [3.8, 4) is 5.75 Å². The molecule has 1 aromatic carbocycles. The highest BCUT2D eigenvalue weighted by atomic mass is 16.5. The molecule has 2 aliphatic rings. The van der Waals surface area contributed by atoms with Crippen LogP contribution in [0.15, 0.2) is 24.3 Å². The summed E-state index contributed by atoms with van der Waals surface area (Å²) >= 11 is 0. The molecule has 0 aliphatic carbocycles. The summed E-state index contributed by atoms with van der Waals surface area (Å²) in [6.07, 6.45) is 0.629. The van der Waals surface area contributed by atoms with Gasteiger partial charge in [0.2, 0.25) is 0 Å². The van der Waals surface area contributed by atoms with Gasteiger partial charge in [0, 0.05) is 18.0 Å². The summed E-state index contributed by atoms with van der Waals surface area (Å²) < 4.78 is 11.1. The average Bonchev–Trinajstić information content (AvgIpc) is 2.93. The van der Waals surface area contributed by atoms with Crippen molar-refractivity contribution in [1.82, 2.24) is 5.32 Å². The van der Waals surface area contributed by atoms with E-state index in [9.17, 15) is 4.79 Å². The maximum absolute atomic E-state index is 11.0. The molecule has 2 saturated heterocycles. The molecule has 0 bridgehead atoms. The van der Waals surface area contributed by atoms with Crippen molar-refractivity contribution in [2.24, 2.45) is 11.3 Å². The van der Waals surface area contributed by atoms with Crippen molar-refractivity contribution in [2.75, 3.05) is 26.4 Å². The summed E-state index contributed by atoms with van der Waals surface area (Å²) in [6.45, 7) is 4.82. The molecule has 0 radical (unpaired) electrons. The largest absolute Gasteiger partial charge is 0.493 e. The molecule has 3 rings (SSSR count). The Bertz CT molecular complexity index is 527. The van der Waals surface area contributed by atoms with Crippen LogP contribution in [0.2, 0.25) is 0 Å². The van der Waals surface area contributed by atoms with Gasteiger partial charge in [0.05, 0.1) is 25.7 Å². The monoisotopic (exact) mass is 291 g/mol. The van der Waals surface area contributed by atoms with Gasteiger partial charge in [-0.1, -0.05) is 19.1 Å². The minimum Gasteiger partial charge on any atom is -0.493 e. The second-order valence-corrected chi connectivity index (χ2v) is 6.40. The third-order valence-corrected chi connectivity index (χ3v) is 4.23. The zero-order valence-electron chi connectivity index (χ0n) is 12.2. The number of benzene rings is 1. The van der Waals surface area contributed by atoms with Gasteiger partial charge < -0.3 is 19.9 Å². The number of aliphatic carboxylic acids is 1. The van der Waals surface area contributed by atoms with Gasteiger partial charge in [0.15, 0.2) is 0 Å². The molecule has 2 heterocycles. The summed E-state index contributed by atoms with van der Waals surface area (Å²) in [5, 5.41) is 12.3. The highest BCUT2D eigenvalue weighted by Gasteiger charge is 2.34. The maximum Gasteiger partial charge on any atom is 0.307 e. The lowest BCUT2D eigenvalue weighted by atomic mass is 9.90. The van der Waals surface area contributed by atoms with E-state index in [-0.39, 0.29) is 17.4 Å². The summed E-state index contributed by atoms with van der Waals surface area (Å²) in [4.78, 5) is 11.0. The number of hydrogen-bond donors (Lipinski definition) is 2. The van der Waals surface area contributed by atoms with Crippen LogP contribution >= 0.6 is 0 Å². The topological polar surface area (TPSA) is 67.8 Å². The number of ether oxygens (including phenoxy) is 2. The van der Waals surface area contributed by atoms with Crippen molar-refractivity contribution < 1.29 is 19.4 Å². The fraction of sp³-hybridized carbons (Fsp3) is 0.562. The van der Waals surface area contributed by atoms with Crippen molar-refractivity contribution in [3.05, 3.63) is 29.8 Å². The van der Waals surface area contributed by atoms with E-state index in [4.69, 9.17) is 14.6 Å².